The Kier molecular flexibility index (Phi) is 6.07. The highest BCUT2D eigenvalue weighted by Crippen LogP contribution is 2.21. The predicted molar refractivity (Wildman–Crippen MR) is 107 cm³/mol. The molecule has 0 aliphatic heterocycles. The summed E-state index contributed by atoms with van der Waals surface area (Å²) in [7, 11) is 0. The summed E-state index contributed by atoms with van der Waals surface area (Å²) in [4.78, 5) is 11.5. The fraction of sp³-hybridized carbons (Fsp3) is 0.300. The van der Waals surface area contributed by atoms with Gasteiger partial charge in [-0.05, 0) is 32.9 Å². The molecule has 0 fully saturated rings. The summed E-state index contributed by atoms with van der Waals surface area (Å²) in [6.45, 7) is 8.18. The van der Waals surface area contributed by atoms with Crippen LogP contribution >= 0.6 is 11.3 Å². The molecule has 1 aromatic carbocycles. The van der Waals surface area contributed by atoms with Crippen LogP contribution in [-0.4, -0.2) is 17.5 Å². The minimum atomic E-state index is 0.394. The number of nitrogens with zero attached hydrogens (tertiary/aromatic N) is 2. The lowest BCUT2D eigenvalue weighted by Crippen LogP contribution is -2.36. The van der Waals surface area contributed by atoms with Crippen LogP contribution in [0.5, 0.6) is 0 Å². The van der Waals surface area contributed by atoms with Crippen molar-refractivity contribution < 1.29 is 4.42 Å². The zero-order chi connectivity index (χ0) is 18.4. The highest BCUT2D eigenvalue weighted by atomic mass is 32.1. The van der Waals surface area contributed by atoms with Gasteiger partial charge in [0.05, 0.1) is 12.7 Å². The number of hydrogen-bond acceptors (Lipinski definition) is 4. The van der Waals surface area contributed by atoms with Gasteiger partial charge < -0.3 is 15.1 Å². The molecule has 6 heteroatoms. The summed E-state index contributed by atoms with van der Waals surface area (Å²) >= 11 is 1.79. The smallest absolute Gasteiger partial charge is 0.216 e. The average molecular weight is 369 g/mol. The van der Waals surface area contributed by atoms with Crippen molar-refractivity contribution in [2.75, 3.05) is 6.54 Å². The third-order valence-electron chi connectivity index (χ3n) is 3.83. The van der Waals surface area contributed by atoms with Gasteiger partial charge in [0.1, 0.15) is 6.54 Å². The largest absolute Gasteiger partial charge is 0.439 e. The zero-order valence-electron chi connectivity index (χ0n) is 15.4. The second kappa shape index (κ2) is 8.67. The Morgan fingerprint density at radius 2 is 1.92 bits per heavy atom. The van der Waals surface area contributed by atoms with E-state index >= 15 is 0 Å². The van der Waals surface area contributed by atoms with E-state index in [9.17, 15) is 0 Å². The van der Waals surface area contributed by atoms with E-state index in [0.717, 1.165) is 30.4 Å². The molecule has 0 aliphatic carbocycles. The lowest BCUT2D eigenvalue weighted by molar-refractivity contribution is 0.509. The molecule has 0 bridgehead atoms. The van der Waals surface area contributed by atoms with Crippen LogP contribution in [0.4, 0.5) is 0 Å². The molecule has 0 unspecified atom stereocenters. The van der Waals surface area contributed by atoms with Crippen LogP contribution in [0.15, 0.2) is 52.0 Å². The number of aryl methyl sites for hydroxylation is 2. The number of thiophene rings is 1. The van der Waals surface area contributed by atoms with Gasteiger partial charge in [-0.1, -0.05) is 29.8 Å². The SMILES string of the molecule is CCNC(=NCc1ncc(-c2ccc(C)cc2)o1)NCc1ccc(C)s1. The molecule has 0 saturated carbocycles. The molecule has 3 rings (SSSR count). The van der Waals surface area contributed by atoms with Gasteiger partial charge in [0.2, 0.25) is 5.89 Å². The molecule has 2 N–H and O–H groups in total. The zero-order valence-corrected chi connectivity index (χ0v) is 16.2. The van der Waals surface area contributed by atoms with E-state index in [1.807, 2.05) is 19.1 Å². The van der Waals surface area contributed by atoms with E-state index < -0.39 is 0 Å². The number of aromatic nitrogens is 1. The third-order valence-corrected chi connectivity index (χ3v) is 4.83. The van der Waals surface area contributed by atoms with Gasteiger partial charge in [0, 0.05) is 21.9 Å². The Balaban J connectivity index is 1.62. The molecular formula is C20H24N4OS. The maximum atomic E-state index is 5.83. The van der Waals surface area contributed by atoms with Crippen molar-refractivity contribution >= 4 is 17.3 Å². The predicted octanol–water partition coefficient (Wildman–Crippen LogP) is 4.28. The molecule has 26 heavy (non-hydrogen) atoms. The lowest BCUT2D eigenvalue weighted by Gasteiger charge is -2.09. The van der Waals surface area contributed by atoms with E-state index in [4.69, 9.17) is 4.42 Å². The van der Waals surface area contributed by atoms with Crippen molar-refractivity contribution in [2.24, 2.45) is 4.99 Å². The Labute approximate surface area is 158 Å². The van der Waals surface area contributed by atoms with E-state index in [-0.39, 0.29) is 0 Å². The fourth-order valence-electron chi connectivity index (χ4n) is 2.47. The molecule has 2 heterocycles. The van der Waals surface area contributed by atoms with Gasteiger partial charge in [0.25, 0.3) is 0 Å². The van der Waals surface area contributed by atoms with Crippen molar-refractivity contribution in [1.29, 1.82) is 0 Å². The summed E-state index contributed by atoms with van der Waals surface area (Å²) in [6.07, 6.45) is 1.75. The van der Waals surface area contributed by atoms with Crippen LogP contribution in [-0.2, 0) is 13.1 Å². The van der Waals surface area contributed by atoms with Gasteiger partial charge in [-0.2, -0.15) is 0 Å². The summed E-state index contributed by atoms with van der Waals surface area (Å²) in [6, 6.07) is 12.5. The van der Waals surface area contributed by atoms with Crippen molar-refractivity contribution in [3.8, 4) is 11.3 Å². The van der Waals surface area contributed by atoms with Crippen LogP contribution in [0.25, 0.3) is 11.3 Å². The number of aliphatic imine (C=N–C) groups is 1. The molecule has 0 radical (unpaired) electrons. The van der Waals surface area contributed by atoms with Crippen LogP contribution in [0, 0.1) is 13.8 Å². The second-order valence-electron chi connectivity index (χ2n) is 6.05. The molecule has 0 atom stereocenters. The lowest BCUT2D eigenvalue weighted by atomic mass is 10.1. The standard InChI is InChI=1S/C20H24N4OS/c1-4-21-20(23-11-17-10-7-15(3)26-17)24-13-19-22-12-18(25-19)16-8-5-14(2)6-9-16/h5-10,12H,4,11,13H2,1-3H3,(H2,21,23,24). The number of guanidine groups is 1. The second-order valence-corrected chi connectivity index (χ2v) is 7.42. The van der Waals surface area contributed by atoms with Crippen LogP contribution in [0.3, 0.4) is 0 Å². The van der Waals surface area contributed by atoms with E-state index in [1.165, 1.54) is 15.3 Å². The van der Waals surface area contributed by atoms with Crippen LogP contribution < -0.4 is 10.6 Å². The Morgan fingerprint density at radius 1 is 1.12 bits per heavy atom. The quantitative estimate of drug-likeness (QED) is 0.504. The van der Waals surface area contributed by atoms with Gasteiger partial charge in [-0.25, -0.2) is 9.98 Å². The monoisotopic (exact) mass is 368 g/mol. The first-order chi connectivity index (χ1) is 12.6. The van der Waals surface area contributed by atoms with Crippen molar-refractivity contribution in [3.05, 3.63) is 63.8 Å². The van der Waals surface area contributed by atoms with E-state index in [1.54, 1.807) is 17.5 Å². The molecule has 0 saturated heterocycles. The molecule has 5 nitrogen and oxygen atoms in total. The van der Waals surface area contributed by atoms with Gasteiger partial charge >= 0.3 is 0 Å². The van der Waals surface area contributed by atoms with E-state index in [2.05, 4.69) is 58.7 Å². The molecule has 136 valence electrons. The topological polar surface area (TPSA) is 62.5 Å². The number of oxazole rings is 1. The molecule has 3 aromatic rings. The third kappa shape index (κ3) is 4.95. The molecule has 2 aromatic heterocycles. The number of rotatable bonds is 6. The minimum Gasteiger partial charge on any atom is -0.439 e. The molecular weight excluding hydrogens is 344 g/mol. The Morgan fingerprint density at radius 3 is 2.62 bits per heavy atom. The Bertz CT molecular complexity index is 864. The minimum absolute atomic E-state index is 0.394. The normalized spacial score (nSPS) is 11.6. The Hall–Kier alpha value is -2.60. The summed E-state index contributed by atoms with van der Waals surface area (Å²) < 4.78 is 5.83. The first-order valence-corrected chi connectivity index (χ1v) is 9.55. The van der Waals surface area contributed by atoms with Gasteiger partial charge in [0.15, 0.2) is 11.7 Å². The molecule has 0 amide bonds. The average Bonchev–Trinajstić information content (AvgIpc) is 3.27. The van der Waals surface area contributed by atoms with Gasteiger partial charge in [-0.15, -0.1) is 11.3 Å². The molecule has 0 spiro atoms. The first-order valence-electron chi connectivity index (χ1n) is 8.73. The van der Waals surface area contributed by atoms with Crippen molar-refractivity contribution in [3.63, 3.8) is 0 Å². The number of hydrogen-bond donors (Lipinski definition) is 2. The van der Waals surface area contributed by atoms with E-state index in [0.29, 0.717) is 12.4 Å². The highest BCUT2D eigenvalue weighted by molar-refractivity contribution is 7.11. The summed E-state index contributed by atoms with van der Waals surface area (Å²) in [5.74, 6) is 2.13. The number of nitrogens with one attached hydrogen (secondary N) is 2. The fourth-order valence-corrected chi connectivity index (χ4v) is 3.30. The first kappa shape index (κ1) is 18.2. The highest BCUT2D eigenvalue weighted by Gasteiger charge is 2.07. The van der Waals surface area contributed by atoms with Crippen molar-refractivity contribution in [2.45, 2.75) is 33.9 Å². The summed E-state index contributed by atoms with van der Waals surface area (Å²) in [5, 5.41) is 6.59. The van der Waals surface area contributed by atoms with Crippen LogP contribution in [0.1, 0.15) is 28.1 Å². The van der Waals surface area contributed by atoms with Gasteiger partial charge in [-0.3, -0.25) is 0 Å². The number of benzene rings is 1. The maximum absolute atomic E-state index is 5.83. The molecule has 0 aliphatic rings. The van der Waals surface area contributed by atoms with Crippen molar-refractivity contribution in [1.82, 2.24) is 15.6 Å². The van der Waals surface area contributed by atoms with Crippen LogP contribution in [0.2, 0.25) is 0 Å². The summed E-state index contributed by atoms with van der Waals surface area (Å²) in [5.41, 5.74) is 2.25. The maximum Gasteiger partial charge on any atom is 0.216 e.